The number of hydrogen-bond donors (Lipinski definition) is 0. The molecule has 0 aliphatic carbocycles. The van der Waals surface area contributed by atoms with E-state index in [1.54, 1.807) is 0 Å². The van der Waals surface area contributed by atoms with Crippen LogP contribution < -0.4 is 0 Å². The standard InChI is InChI=1S/C46H28O/c1-2-12-33-28-34(25-20-29(33)10-1)44-39-16-7-5-14-37(39)43(38-15-6-8-17-40(38)44)32-23-21-31(22-24-32)36-18-9-19-41-45-35-13-4-3-11-30(35)26-27-42(45)47-46(36)41/h1-28H/i1D,2D,3D,4D,5D,6D,7D,8D,9D,10D,11D,12D,13D,14D,15D,16D,17D,18D,19D,20D,21D,22D,23D,24D,25D,26D,27D,28D. The van der Waals surface area contributed by atoms with Crippen molar-refractivity contribution in [3.8, 4) is 33.4 Å². The van der Waals surface area contributed by atoms with Crippen LogP contribution in [0.5, 0.6) is 0 Å². The maximum atomic E-state index is 9.64. The Hall–Kier alpha value is -6.18. The zero-order chi connectivity index (χ0) is 55.3. The molecular weight excluding hydrogens is 569 g/mol. The molecule has 0 amide bonds. The first-order valence-electron chi connectivity index (χ1n) is 27.9. The summed E-state index contributed by atoms with van der Waals surface area (Å²) in [7, 11) is 0. The fourth-order valence-electron chi connectivity index (χ4n) is 5.75. The fraction of sp³-hybridized carbons (Fsp3) is 0. The molecule has 0 unspecified atom stereocenters. The van der Waals surface area contributed by atoms with Gasteiger partial charge in [0.25, 0.3) is 0 Å². The van der Waals surface area contributed by atoms with Gasteiger partial charge in [-0.15, -0.1) is 0 Å². The van der Waals surface area contributed by atoms with Crippen molar-refractivity contribution in [1.82, 2.24) is 0 Å². The lowest BCUT2D eigenvalue weighted by Crippen LogP contribution is -1.91. The summed E-state index contributed by atoms with van der Waals surface area (Å²) >= 11 is 0. The van der Waals surface area contributed by atoms with Gasteiger partial charge in [0.15, 0.2) is 0 Å². The van der Waals surface area contributed by atoms with Crippen molar-refractivity contribution in [1.29, 1.82) is 0 Å². The van der Waals surface area contributed by atoms with Crippen LogP contribution in [0.1, 0.15) is 38.4 Å². The Morgan fingerprint density at radius 3 is 1.57 bits per heavy atom. The molecule has 1 aromatic heterocycles. The predicted molar refractivity (Wildman–Crippen MR) is 200 cm³/mol. The first-order valence-corrected chi connectivity index (χ1v) is 13.9. The molecule has 1 heterocycles. The van der Waals surface area contributed by atoms with Crippen LogP contribution in [0, 0.1) is 0 Å². The van der Waals surface area contributed by atoms with E-state index in [-0.39, 0.29) is 5.39 Å². The van der Waals surface area contributed by atoms with Crippen molar-refractivity contribution < 1.29 is 42.8 Å². The van der Waals surface area contributed by atoms with Crippen molar-refractivity contribution in [2.75, 3.05) is 0 Å². The predicted octanol–water partition coefficient (Wildman–Crippen LogP) is 13.2. The second kappa shape index (κ2) is 10.2. The molecule has 10 rings (SSSR count). The van der Waals surface area contributed by atoms with Crippen molar-refractivity contribution in [3.05, 3.63) is 169 Å². The summed E-state index contributed by atoms with van der Waals surface area (Å²) in [6.45, 7) is 0. The third kappa shape index (κ3) is 3.97. The third-order valence-corrected chi connectivity index (χ3v) is 7.75. The van der Waals surface area contributed by atoms with E-state index in [0.717, 1.165) is 0 Å². The lowest BCUT2D eigenvalue weighted by atomic mass is 9.85. The highest BCUT2D eigenvalue weighted by atomic mass is 16.3. The van der Waals surface area contributed by atoms with Gasteiger partial charge in [-0.05, 0) is 83.0 Å². The molecule has 1 heteroatoms. The van der Waals surface area contributed by atoms with E-state index in [9.17, 15) is 13.7 Å². The monoisotopic (exact) mass is 624 g/mol. The summed E-state index contributed by atoms with van der Waals surface area (Å²) in [6, 6.07) is -25.5. The average Bonchev–Trinajstić information content (AvgIpc) is 3.79. The molecule has 0 atom stereocenters. The molecule has 0 saturated heterocycles. The highest BCUT2D eigenvalue weighted by Crippen LogP contribution is 2.45. The molecule has 0 aliphatic rings. The van der Waals surface area contributed by atoms with Crippen LogP contribution in [0.2, 0.25) is 0 Å². The molecule has 10 aromatic rings. The van der Waals surface area contributed by atoms with Gasteiger partial charge < -0.3 is 4.42 Å². The number of benzene rings is 9. The van der Waals surface area contributed by atoms with E-state index < -0.39 is 262 Å². The molecule has 0 aliphatic heterocycles. The van der Waals surface area contributed by atoms with Gasteiger partial charge in [-0.1, -0.05) is 157 Å². The van der Waals surface area contributed by atoms with Gasteiger partial charge >= 0.3 is 0 Å². The van der Waals surface area contributed by atoms with E-state index >= 15 is 0 Å². The van der Waals surface area contributed by atoms with Crippen LogP contribution in [0.15, 0.2) is 174 Å². The Morgan fingerprint density at radius 2 is 0.872 bits per heavy atom. The quantitative estimate of drug-likeness (QED) is 0.178. The maximum Gasteiger partial charge on any atom is 0.143 e. The van der Waals surface area contributed by atoms with Gasteiger partial charge in [0, 0.05) is 16.3 Å². The molecule has 0 radical (unpaired) electrons. The van der Waals surface area contributed by atoms with Crippen LogP contribution in [0.25, 0.3) is 98.4 Å². The van der Waals surface area contributed by atoms with E-state index in [2.05, 4.69) is 0 Å². The Kier molecular flexibility index (Phi) is 2.31. The lowest BCUT2D eigenvalue weighted by molar-refractivity contribution is 0.670. The van der Waals surface area contributed by atoms with E-state index in [4.69, 9.17) is 29.1 Å². The molecule has 1 nitrogen and oxygen atoms in total. The van der Waals surface area contributed by atoms with Crippen molar-refractivity contribution in [2.45, 2.75) is 0 Å². The number of para-hydroxylation sites is 1. The third-order valence-electron chi connectivity index (χ3n) is 7.75. The normalized spacial score (nSPS) is 20.2. The molecule has 0 bridgehead atoms. The Bertz CT molecular complexity index is 4330. The Labute approximate surface area is 311 Å². The summed E-state index contributed by atoms with van der Waals surface area (Å²) in [4.78, 5) is 0. The molecule has 0 spiro atoms. The minimum Gasteiger partial charge on any atom is -0.455 e. The second-order valence-electron chi connectivity index (χ2n) is 10.3. The second-order valence-corrected chi connectivity index (χ2v) is 10.3. The summed E-state index contributed by atoms with van der Waals surface area (Å²) in [5.41, 5.74) is -5.82. The van der Waals surface area contributed by atoms with Gasteiger partial charge in [-0.25, -0.2) is 0 Å². The van der Waals surface area contributed by atoms with Gasteiger partial charge in [0.05, 0.1) is 38.4 Å². The SMILES string of the molecule is [2H]c1c([2H])c(-c2c3c([2H])c([2H])c([2H])c([2H])c3c(-c3c([2H])c([2H])c4c([2H])c([2H])c([2H])c([2H])c4c3[2H])c3c([2H])c([2H])c([2H])c([2H])c23)c([2H])c([2H])c1-c1c([2H])c([2H])c([2H])c2c1oc1c([2H])c([2H])c3c([2H])c([2H])c([2H])c([2H])c3c12. The molecule has 0 fully saturated rings. The van der Waals surface area contributed by atoms with Gasteiger partial charge in [0.1, 0.15) is 11.2 Å². The highest BCUT2D eigenvalue weighted by Gasteiger charge is 2.18. The minimum absolute atomic E-state index is 0.364. The van der Waals surface area contributed by atoms with E-state index in [0.29, 0.717) is 0 Å². The molecule has 218 valence electrons. The molecule has 47 heavy (non-hydrogen) atoms. The van der Waals surface area contributed by atoms with Crippen LogP contribution in [0.3, 0.4) is 0 Å². The van der Waals surface area contributed by atoms with Gasteiger partial charge in [-0.3, -0.25) is 0 Å². The smallest absolute Gasteiger partial charge is 0.143 e. The summed E-state index contributed by atoms with van der Waals surface area (Å²) in [5.74, 6) is 0. The Balaban J connectivity index is 1.43. The van der Waals surface area contributed by atoms with Gasteiger partial charge in [0.2, 0.25) is 0 Å². The zero-order valence-electron chi connectivity index (χ0n) is 51.4. The molecule has 9 aromatic carbocycles. The van der Waals surface area contributed by atoms with Crippen molar-refractivity contribution >= 4 is 65.0 Å². The average molecular weight is 625 g/mol. The number of rotatable bonds is 3. The van der Waals surface area contributed by atoms with Crippen LogP contribution in [-0.4, -0.2) is 0 Å². The molecule has 0 saturated carbocycles. The van der Waals surface area contributed by atoms with Crippen LogP contribution in [0.4, 0.5) is 0 Å². The number of furan rings is 1. The topological polar surface area (TPSA) is 13.1 Å². The van der Waals surface area contributed by atoms with Crippen LogP contribution in [-0.2, 0) is 0 Å². The van der Waals surface area contributed by atoms with Gasteiger partial charge in [-0.2, -0.15) is 0 Å². The summed E-state index contributed by atoms with van der Waals surface area (Å²) < 4.78 is 257. The largest absolute Gasteiger partial charge is 0.455 e. The van der Waals surface area contributed by atoms with E-state index in [1.165, 1.54) is 0 Å². The first kappa shape index (κ1) is 10.7. The first-order chi connectivity index (χ1) is 35.0. The van der Waals surface area contributed by atoms with Crippen molar-refractivity contribution in [3.63, 3.8) is 0 Å². The molecular formula is C46H28O. The highest BCUT2D eigenvalue weighted by molar-refractivity contribution is 6.22. The number of fused-ring (bicyclic) bond motifs is 8. The minimum atomic E-state index is -1.10. The fourth-order valence-corrected chi connectivity index (χ4v) is 5.75. The van der Waals surface area contributed by atoms with Crippen molar-refractivity contribution in [2.24, 2.45) is 0 Å². The lowest BCUT2D eigenvalue weighted by Gasteiger charge is -2.18. The zero-order valence-corrected chi connectivity index (χ0v) is 23.4. The molecule has 0 N–H and O–H groups in total. The summed E-state index contributed by atoms with van der Waals surface area (Å²) in [5, 5.41) is -5.85. The van der Waals surface area contributed by atoms with Crippen LogP contribution >= 0.6 is 0 Å². The number of hydrogen-bond acceptors (Lipinski definition) is 1. The Morgan fingerprint density at radius 1 is 0.362 bits per heavy atom. The van der Waals surface area contributed by atoms with E-state index in [1.807, 2.05) is 0 Å². The summed E-state index contributed by atoms with van der Waals surface area (Å²) in [6.07, 6.45) is 0. The maximum absolute atomic E-state index is 9.64.